The summed E-state index contributed by atoms with van der Waals surface area (Å²) >= 11 is 0. The Kier molecular flexibility index (Phi) is 7.13. The molecule has 3 heteroatoms. The van der Waals surface area contributed by atoms with Gasteiger partial charge in [0.15, 0.2) is 5.78 Å². The second-order valence-electron chi connectivity index (χ2n) is 5.13. The van der Waals surface area contributed by atoms with Gasteiger partial charge in [-0.25, -0.2) is 0 Å². The summed E-state index contributed by atoms with van der Waals surface area (Å²) in [6, 6.07) is 3.58. The van der Waals surface area contributed by atoms with Crippen LogP contribution < -0.4 is 4.74 Å². The third kappa shape index (κ3) is 4.55. The first-order valence-electron chi connectivity index (χ1n) is 7.57. The van der Waals surface area contributed by atoms with Gasteiger partial charge >= 0.3 is 0 Å². The molecule has 3 nitrogen and oxygen atoms in total. The Labute approximate surface area is 122 Å². The van der Waals surface area contributed by atoms with E-state index in [1.165, 1.54) is 32.8 Å². The molecule has 0 unspecified atom stereocenters. The van der Waals surface area contributed by atoms with Gasteiger partial charge in [-0.05, 0) is 30.5 Å². The van der Waals surface area contributed by atoms with Crippen LogP contribution in [0, 0.1) is 0 Å². The Morgan fingerprint density at radius 1 is 1.15 bits per heavy atom. The lowest BCUT2D eigenvalue weighted by Crippen LogP contribution is -2.02. The van der Waals surface area contributed by atoms with Crippen molar-refractivity contribution in [1.29, 1.82) is 0 Å². The quantitative estimate of drug-likeness (QED) is 0.534. The zero-order valence-electron chi connectivity index (χ0n) is 12.9. The first-order chi connectivity index (χ1) is 9.63. The van der Waals surface area contributed by atoms with Crippen molar-refractivity contribution in [3.63, 3.8) is 0 Å². The Balaban J connectivity index is 2.75. The zero-order valence-corrected chi connectivity index (χ0v) is 12.9. The average Bonchev–Trinajstić information content (AvgIpc) is 2.45. The van der Waals surface area contributed by atoms with Crippen molar-refractivity contribution in [1.82, 2.24) is 0 Å². The van der Waals surface area contributed by atoms with Gasteiger partial charge in [0.1, 0.15) is 17.1 Å². The van der Waals surface area contributed by atoms with Crippen LogP contribution in [0.3, 0.4) is 0 Å². The van der Waals surface area contributed by atoms with Crippen molar-refractivity contribution in [3.8, 4) is 11.5 Å². The molecule has 0 aliphatic heterocycles. The number of carbonyl (C=O) groups excluding carboxylic acids is 1. The van der Waals surface area contributed by atoms with Crippen molar-refractivity contribution in [2.75, 3.05) is 7.11 Å². The monoisotopic (exact) mass is 278 g/mol. The van der Waals surface area contributed by atoms with Crippen LogP contribution in [-0.4, -0.2) is 18.0 Å². The fourth-order valence-corrected chi connectivity index (χ4v) is 2.35. The number of Topliss-reactive ketones (excluding diaryl/α,β-unsaturated/α-hetero) is 1. The van der Waals surface area contributed by atoms with E-state index in [4.69, 9.17) is 4.74 Å². The highest BCUT2D eigenvalue weighted by molar-refractivity contribution is 6.01. The molecule has 0 aromatic heterocycles. The molecule has 0 spiro atoms. The first-order valence-corrected chi connectivity index (χ1v) is 7.57. The molecule has 0 radical (unpaired) electrons. The topological polar surface area (TPSA) is 46.5 Å². The van der Waals surface area contributed by atoms with E-state index in [-0.39, 0.29) is 11.5 Å². The summed E-state index contributed by atoms with van der Waals surface area (Å²) in [6.45, 7) is 3.98. The third-order valence-corrected chi connectivity index (χ3v) is 3.53. The fourth-order valence-electron chi connectivity index (χ4n) is 2.35. The van der Waals surface area contributed by atoms with Crippen LogP contribution in [-0.2, 0) is 6.42 Å². The smallest absolute Gasteiger partial charge is 0.170 e. The van der Waals surface area contributed by atoms with Crippen molar-refractivity contribution >= 4 is 5.78 Å². The van der Waals surface area contributed by atoms with Gasteiger partial charge in [-0.1, -0.05) is 39.5 Å². The molecule has 1 aromatic rings. The van der Waals surface area contributed by atoms with Gasteiger partial charge < -0.3 is 9.84 Å². The average molecular weight is 278 g/mol. The lowest BCUT2D eigenvalue weighted by molar-refractivity contribution is 0.0982. The minimum Gasteiger partial charge on any atom is -0.507 e. The van der Waals surface area contributed by atoms with Crippen LogP contribution in [0.1, 0.15) is 68.3 Å². The van der Waals surface area contributed by atoms with Gasteiger partial charge in [-0.2, -0.15) is 0 Å². The molecule has 20 heavy (non-hydrogen) atoms. The van der Waals surface area contributed by atoms with Crippen LogP contribution >= 0.6 is 0 Å². The number of methoxy groups -OCH3 is 1. The Morgan fingerprint density at radius 2 is 1.85 bits per heavy atom. The number of phenolic OH excluding ortho intramolecular Hbond substituents is 1. The number of phenols is 1. The summed E-state index contributed by atoms with van der Waals surface area (Å²) in [5, 5.41) is 10.0. The highest BCUT2D eigenvalue weighted by atomic mass is 16.5. The van der Waals surface area contributed by atoms with Crippen LogP contribution in [0.4, 0.5) is 0 Å². The number of aryl methyl sites for hydroxylation is 1. The lowest BCUT2D eigenvalue weighted by Gasteiger charge is -2.11. The Bertz CT molecular complexity index is 438. The fraction of sp³-hybridized carbons (Fsp3) is 0.588. The van der Waals surface area contributed by atoms with E-state index in [1.54, 1.807) is 13.0 Å². The summed E-state index contributed by atoms with van der Waals surface area (Å²) in [7, 11) is 1.53. The second kappa shape index (κ2) is 8.62. The molecular formula is C17H26O3. The number of rotatable bonds is 9. The van der Waals surface area contributed by atoms with E-state index in [2.05, 4.69) is 6.92 Å². The van der Waals surface area contributed by atoms with E-state index in [1.807, 2.05) is 6.07 Å². The molecule has 1 N–H and O–H groups in total. The van der Waals surface area contributed by atoms with E-state index in [9.17, 15) is 9.90 Å². The predicted molar refractivity (Wildman–Crippen MR) is 81.7 cm³/mol. The Hall–Kier alpha value is -1.51. The maximum absolute atomic E-state index is 11.8. The first kappa shape index (κ1) is 16.5. The molecule has 0 bridgehead atoms. The molecule has 112 valence electrons. The highest BCUT2D eigenvalue weighted by Crippen LogP contribution is 2.31. The number of aromatic hydroxyl groups is 1. The third-order valence-electron chi connectivity index (χ3n) is 3.53. The van der Waals surface area contributed by atoms with Crippen LogP contribution in [0.25, 0.3) is 0 Å². The maximum Gasteiger partial charge on any atom is 0.170 e. The summed E-state index contributed by atoms with van der Waals surface area (Å²) in [5.41, 5.74) is 1.34. The number of ketones is 1. The number of hydrogen-bond acceptors (Lipinski definition) is 3. The number of carbonyl (C=O) groups is 1. The van der Waals surface area contributed by atoms with E-state index in [0.717, 1.165) is 18.4 Å². The predicted octanol–water partition coefficient (Wildman–Crippen LogP) is 4.51. The van der Waals surface area contributed by atoms with Crippen molar-refractivity contribution in [2.45, 2.75) is 58.8 Å². The molecule has 0 aliphatic carbocycles. The number of ether oxygens (including phenoxy) is 1. The summed E-state index contributed by atoms with van der Waals surface area (Å²) in [5.74, 6) is 0.439. The minimum absolute atomic E-state index is 0.0414. The SMILES string of the molecule is CCCCCCCc1cc(O)c(C(=O)CC)c(OC)c1. The number of unbranched alkanes of at least 4 members (excludes halogenated alkanes) is 4. The summed E-state index contributed by atoms with van der Waals surface area (Å²) < 4.78 is 5.25. The van der Waals surface area contributed by atoms with E-state index in [0.29, 0.717) is 17.7 Å². The molecular weight excluding hydrogens is 252 g/mol. The molecule has 0 aliphatic rings. The molecule has 0 atom stereocenters. The Morgan fingerprint density at radius 3 is 2.45 bits per heavy atom. The number of hydrogen-bond donors (Lipinski definition) is 1. The van der Waals surface area contributed by atoms with E-state index >= 15 is 0 Å². The summed E-state index contributed by atoms with van der Waals surface area (Å²) in [4.78, 5) is 11.8. The molecule has 0 fully saturated rings. The molecule has 0 saturated heterocycles. The largest absolute Gasteiger partial charge is 0.507 e. The molecule has 0 amide bonds. The lowest BCUT2D eigenvalue weighted by atomic mass is 10.00. The van der Waals surface area contributed by atoms with E-state index < -0.39 is 0 Å². The van der Waals surface area contributed by atoms with Gasteiger partial charge in [0.25, 0.3) is 0 Å². The van der Waals surface area contributed by atoms with Crippen molar-refractivity contribution in [3.05, 3.63) is 23.3 Å². The highest BCUT2D eigenvalue weighted by Gasteiger charge is 2.17. The molecule has 1 aromatic carbocycles. The van der Waals surface area contributed by atoms with Gasteiger partial charge in [0.2, 0.25) is 0 Å². The van der Waals surface area contributed by atoms with Gasteiger partial charge in [0, 0.05) is 6.42 Å². The van der Waals surface area contributed by atoms with Gasteiger partial charge in [-0.3, -0.25) is 4.79 Å². The minimum atomic E-state index is -0.0890. The molecule has 1 rings (SSSR count). The summed E-state index contributed by atoms with van der Waals surface area (Å²) in [6.07, 6.45) is 7.34. The second-order valence-corrected chi connectivity index (χ2v) is 5.13. The normalized spacial score (nSPS) is 10.6. The van der Waals surface area contributed by atoms with Gasteiger partial charge in [-0.15, -0.1) is 0 Å². The standard InChI is InChI=1S/C17H26O3/c1-4-6-7-8-9-10-13-11-15(19)17(14(18)5-2)16(12-13)20-3/h11-12,19H,4-10H2,1-3H3. The maximum atomic E-state index is 11.8. The van der Waals surface area contributed by atoms with Crippen molar-refractivity contribution in [2.24, 2.45) is 0 Å². The number of benzene rings is 1. The van der Waals surface area contributed by atoms with Crippen LogP contribution in [0.2, 0.25) is 0 Å². The molecule has 0 heterocycles. The molecule has 0 saturated carbocycles. The van der Waals surface area contributed by atoms with Crippen LogP contribution in [0.5, 0.6) is 11.5 Å². The van der Waals surface area contributed by atoms with Crippen LogP contribution in [0.15, 0.2) is 12.1 Å². The van der Waals surface area contributed by atoms with Gasteiger partial charge in [0.05, 0.1) is 7.11 Å². The van der Waals surface area contributed by atoms with Crippen molar-refractivity contribution < 1.29 is 14.6 Å². The zero-order chi connectivity index (χ0) is 15.0.